The highest BCUT2D eigenvalue weighted by Crippen LogP contribution is 2.53. The van der Waals surface area contributed by atoms with Gasteiger partial charge < -0.3 is 99.9 Å². The number of primary amides is 1. The van der Waals surface area contributed by atoms with Crippen LogP contribution in [-0.4, -0.2) is 247 Å². The Balaban J connectivity index is 0.788. The fourth-order valence-corrected chi connectivity index (χ4v) is 12.0. The molecule has 4 aliphatic heterocycles. The molecular weight excluding hydrogens is 1140 g/mol. The van der Waals surface area contributed by atoms with Crippen molar-refractivity contribution < 1.29 is 101 Å². The second-order valence-corrected chi connectivity index (χ2v) is 22.2. The van der Waals surface area contributed by atoms with Gasteiger partial charge in [-0.1, -0.05) is 12.1 Å². The minimum absolute atomic E-state index is 0.0325. The molecule has 4 fully saturated rings. The number of aromatic hydroxyl groups is 2. The maximum Gasteiger partial charge on any atom is 0.252 e. The quantitative estimate of drug-likeness (QED) is 0.0262. The van der Waals surface area contributed by atoms with Crippen LogP contribution in [0.15, 0.2) is 18.2 Å². The van der Waals surface area contributed by atoms with Gasteiger partial charge in [-0.05, 0) is 45.8 Å². The molecular formula is C58H82N8O21. The lowest BCUT2D eigenvalue weighted by Gasteiger charge is -2.43. The standard InChI is InChI=1S/C58H82N8O21/c1-31(63-54(75)36(27-40(59)67)64-41(68)11-18-80-21-23-82-25-26-83-24-22-81-19-16-65-14-9-33(10-15-65)53(74)60-3)52(73)61-12-13-62-57(76)58(77)29-35-44(50(72)46-45(48(35)70)47(69)34-7-6-8-38(78-4)43(34)49(46)71)39(30-58)86-42-28-37-51(32(2)85-42)87-55-56(79-5)84-20-17-66(37)55/h6-8,31-33,36-37,39,42,51,55-56,70,72,77H,9-30H2,1-5H3,(H2,59,67)(H,60,74)(H,61,73)(H,62,76)(H,63,75)(H,64,68)/t31-,32-,36-,37-,39-,42-,51+,55+,56-,58-/m0/s1. The number of piperidine rings is 1. The molecule has 0 radical (unpaired) electrons. The van der Waals surface area contributed by atoms with Crippen molar-refractivity contribution in [2.24, 2.45) is 11.7 Å². The molecule has 2 aliphatic carbocycles. The number of carbonyl (C=O) groups excluding carboxylic acids is 8. The molecule has 0 unspecified atom stereocenters. The molecule has 10 atom stereocenters. The number of likely N-dealkylation sites (tertiary alicyclic amines) is 1. The maximum atomic E-state index is 14.3. The van der Waals surface area contributed by atoms with E-state index in [0.29, 0.717) is 46.2 Å². The predicted octanol–water partition coefficient (Wildman–Crippen LogP) is -1.84. The summed E-state index contributed by atoms with van der Waals surface area (Å²) in [6.45, 7) is 8.45. The number of phenolic OH excluding ortho intramolecular Hbond substituents is 2. The van der Waals surface area contributed by atoms with Gasteiger partial charge in [0.15, 0.2) is 24.6 Å². The second kappa shape index (κ2) is 30.6. The molecule has 87 heavy (non-hydrogen) atoms. The van der Waals surface area contributed by atoms with Gasteiger partial charge in [0.2, 0.25) is 35.3 Å². The maximum absolute atomic E-state index is 14.3. The fraction of sp³-hybridized carbons (Fsp3) is 0.655. The Kier molecular flexibility index (Phi) is 23.4. The highest BCUT2D eigenvalue weighted by atomic mass is 16.7. The molecule has 0 spiro atoms. The molecule has 0 aromatic heterocycles. The van der Waals surface area contributed by atoms with Crippen LogP contribution in [0.2, 0.25) is 0 Å². The number of methoxy groups -OCH3 is 2. The highest BCUT2D eigenvalue weighted by Gasteiger charge is 2.55. The second-order valence-electron chi connectivity index (χ2n) is 22.2. The van der Waals surface area contributed by atoms with Crippen LogP contribution in [0.4, 0.5) is 0 Å². The van der Waals surface area contributed by atoms with Gasteiger partial charge >= 0.3 is 0 Å². The number of ketones is 2. The van der Waals surface area contributed by atoms with Crippen molar-refractivity contribution >= 4 is 47.0 Å². The number of nitrogens with zero attached hydrogens (tertiary/aromatic N) is 2. The predicted molar refractivity (Wildman–Crippen MR) is 302 cm³/mol. The zero-order chi connectivity index (χ0) is 62.5. The lowest BCUT2D eigenvalue weighted by atomic mass is 9.72. The molecule has 4 saturated heterocycles. The van der Waals surface area contributed by atoms with E-state index in [2.05, 4.69) is 36.4 Å². The Morgan fingerprint density at radius 3 is 2.16 bits per heavy atom. The van der Waals surface area contributed by atoms with E-state index < -0.39 is 138 Å². The van der Waals surface area contributed by atoms with Crippen LogP contribution in [0.3, 0.4) is 0 Å². The summed E-state index contributed by atoms with van der Waals surface area (Å²) in [6.07, 6.45) is -4.80. The summed E-state index contributed by atoms with van der Waals surface area (Å²) in [4.78, 5) is 110. The molecule has 480 valence electrons. The van der Waals surface area contributed by atoms with Crippen LogP contribution in [0.1, 0.15) is 101 Å². The molecule has 6 aliphatic rings. The van der Waals surface area contributed by atoms with Gasteiger partial charge in [0.05, 0.1) is 102 Å². The molecule has 8 rings (SSSR count). The largest absolute Gasteiger partial charge is 0.507 e. The first kappa shape index (κ1) is 66.5. The van der Waals surface area contributed by atoms with E-state index in [-0.39, 0.29) is 91.6 Å². The summed E-state index contributed by atoms with van der Waals surface area (Å²) in [6, 6.07) is 1.41. The first-order valence-corrected chi connectivity index (χ1v) is 29.4. The third-order valence-corrected chi connectivity index (χ3v) is 16.5. The number of ether oxygens (including phenoxy) is 10. The van der Waals surface area contributed by atoms with E-state index in [0.717, 1.165) is 32.5 Å². The molecule has 6 amide bonds. The van der Waals surface area contributed by atoms with Gasteiger partial charge in [0, 0.05) is 94.7 Å². The molecule has 29 heteroatoms. The van der Waals surface area contributed by atoms with Crippen molar-refractivity contribution in [1.82, 2.24) is 36.4 Å². The van der Waals surface area contributed by atoms with E-state index in [1.807, 2.05) is 0 Å². The monoisotopic (exact) mass is 1230 g/mol. The summed E-state index contributed by atoms with van der Waals surface area (Å²) in [5, 5.41) is 49.3. The fourth-order valence-electron chi connectivity index (χ4n) is 12.0. The number of fused-ring (bicyclic) bond motifs is 6. The Labute approximate surface area is 503 Å². The molecule has 2 aromatic rings. The normalized spacial score (nSPS) is 25.1. The third kappa shape index (κ3) is 15.9. The zero-order valence-corrected chi connectivity index (χ0v) is 49.7. The number of morpholine rings is 1. The van der Waals surface area contributed by atoms with Gasteiger partial charge in [-0.15, -0.1) is 0 Å². The minimum atomic E-state index is -2.41. The number of benzene rings is 2. The van der Waals surface area contributed by atoms with Crippen LogP contribution in [0, 0.1) is 5.92 Å². The van der Waals surface area contributed by atoms with Crippen LogP contribution < -0.4 is 37.1 Å². The topological polar surface area (TPSA) is 382 Å². The van der Waals surface area contributed by atoms with Gasteiger partial charge in [-0.2, -0.15) is 0 Å². The summed E-state index contributed by atoms with van der Waals surface area (Å²) < 4.78 is 58.2. The number of phenols is 2. The molecule has 4 heterocycles. The van der Waals surface area contributed by atoms with Crippen molar-refractivity contribution in [2.45, 2.75) is 120 Å². The van der Waals surface area contributed by atoms with Crippen LogP contribution >= 0.6 is 0 Å². The SMILES string of the molecule is CNC(=O)C1CCN(CCOCCOCCOCCOCCC(=O)N[C@@H](CC(N)=O)C(=O)N[C@@H](C)C(=O)NCCNC(=O)[C@]2(O)Cc3c(O)c4c(c(O)c3[C@@H](O[C@H]3C[C@H]5[C@H](O[C@@H]6[C@@H](OC)OCCN65)[C@H](C)O3)C2)C(=O)c2c(OC)cccc2C4=O)CC1. The minimum Gasteiger partial charge on any atom is -0.507 e. The van der Waals surface area contributed by atoms with Crippen molar-refractivity contribution in [1.29, 1.82) is 0 Å². The Morgan fingerprint density at radius 1 is 0.828 bits per heavy atom. The van der Waals surface area contributed by atoms with E-state index in [1.165, 1.54) is 39.3 Å². The number of rotatable bonds is 30. The number of aliphatic hydroxyl groups is 1. The Morgan fingerprint density at radius 2 is 1.49 bits per heavy atom. The smallest absolute Gasteiger partial charge is 0.252 e. The van der Waals surface area contributed by atoms with Gasteiger partial charge in [-0.3, -0.25) is 43.3 Å². The van der Waals surface area contributed by atoms with Gasteiger partial charge in [-0.25, -0.2) is 0 Å². The number of nitrogens with two attached hydrogens (primary N) is 1. The lowest BCUT2D eigenvalue weighted by Crippen LogP contribution is -2.56. The molecule has 0 bridgehead atoms. The molecule has 29 nitrogen and oxygen atoms in total. The van der Waals surface area contributed by atoms with E-state index in [1.54, 1.807) is 14.0 Å². The summed E-state index contributed by atoms with van der Waals surface area (Å²) >= 11 is 0. The third-order valence-electron chi connectivity index (χ3n) is 16.5. The summed E-state index contributed by atoms with van der Waals surface area (Å²) in [5.41, 5.74) is 1.33. The molecule has 10 N–H and O–H groups in total. The van der Waals surface area contributed by atoms with Gasteiger partial charge in [0.25, 0.3) is 5.91 Å². The van der Waals surface area contributed by atoms with E-state index >= 15 is 0 Å². The summed E-state index contributed by atoms with van der Waals surface area (Å²) in [5.74, 6) is -6.97. The number of hydrogen-bond acceptors (Lipinski definition) is 23. The van der Waals surface area contributed by atoms with E-state index in [4.69, 9.17) is 53.1 Å². The molecule has 2 aromatic carbocycles. The number of hydrogen-bond donors (Lipinski definition) is 9. The average molecular weight is 1230 g/mol. The number of carbonyl (C=O) groups is 8. The van der Waals surface area contributed by atoms with E-state index in [9.17, 15) is 53.7 Å². The van der Waals surface area contributed by atoms with Crippen LogP contribution in [-0.2, 0) is 77.8 Å². The average Bonchev–Trinajstić information content (AvgIpc) is 1.19. The highest BCUT2D eigenvalue weighted by molar-refractivity contribution is 6.31. The Bertz CT molecular complexity index is 2820. The number of nitrogens with one attached hydrogen (secondary N) is 5. The Hall–Kier alpha value is -6.48. The first-order chi connectivity index (χ1) is 41.8. The lowest BCUT2D eigenvalue weighted by molar-refractivity contribution is -0.256. The number of amides is 6. The van der Waals surface area contributed by atoms with Crippen LogP contribution in [0.25, 0.3) is 0 Å². The van der Waals surface area contributed by atoms with Crippen molar-refractivity contribution in [2.75, 3.05) is 120 Å². The zero-order valence-electron chi connectivity index (χ0n) is 49.7. The van der Waals surface area contributed by atoms with Crippen LogP contribution in [0.5, 0.6) is 17.2 Å². The van der Waals surface area contributed by atoms with Crippen molar-refractivity contribution in [3.8, 4) is 17.2 Å². The molecule has 0 saturated carbocycles. The summed E-state index contributed by atoms with van der Waals surface area (Å²) in [7, 11) is 4.49. The first-order valence-electron chi connectivity index (χ1n) is 29.4. The van der Waals surface area contributed by atoms with Crippen molar-refractivity contribution in [3.63, 3.8) is 0 Å². The van der Waals surface area contributed by atoms with Gasteiger partial charge in [0.1, 0.15) is 41.0 Å². The van der Waals surface area contributed by atoms with Crippen molar-refractivity contribution in [3.05, 3.63) is 51.6 Å².